The first kappa shape index (κ1) is 15.2. The lowest BCUT2D eigenvalue weighted by molar-refractivity contribution is 0.0919. The maximum Gasteiger partial charge on any atom is 0.315 e. The van der Waals surface area contributed by atoms with Gasteiger partial charge in [-0.05, 0) is 45.7 Å². The zero-order valence-corrected chi connectivity index (χ0v) is 11.8. The van der Waals surface area contributed by atoms with Crippen LogP contribution in [0.15, 0.2) is 0 Å². The molecule has 1 heterocycles. The fourth-order valence-corrected chi connectivity index (χ4v) is 2.13. The summed E-state index contributed by atoms with van der Waals surface area (Å²) < 4.78 is 0. The normalized spacial score (nSPS) is 19.8. The molecule has 1 aliphatic heterocycles. The number of hydrogen-bond donors (Lipinski definition) is 3. The summed E-state index contributed by atoms with van der Waals surface area (Å²) in [7, 11) is 0. The fourth-order valence-electron chi connectivity index (χ4n) is 2.13. The number of nitrogens with zero attached hydrogens (tertiary/aromatic N) is 1. The summed E-state index contributed by atoms with van der Waals surface area (Å²) in [5.74, 6) is 0.799. The number of nitrogens with one attached hydrogen (secondary N) is 2. The third kappa shape index (κ3) is 6.21. The molecule has 0 aromatic heterocycles. The molecule has 0 radical (unpaired) electrons. The molecule has 0 aromatic carbocycles. The van der Waals surface area contributed by atoms with Gasteiger partial charge >= 0.3 is 6.03 Å². The number of carbonyl (C=O) groups is 1. The molecule has 1 fully saturated rings. The Labute approximate surface area is 110 Å². The number of β-amino-alcohol motifs (C(OH)–C–C–N with tert-alkyl or cyclic N) is 1. The average Bonchev–Trinajstić information content (AvgIpc) is 2.29. The summed E-state index contributed by atoms with van der Waals surface area (Å²) in [5, 5.41) is 15.3. The second-order valence-corrected chi connectivity index (χ2v) is 5.65. The van der Waals surface area contributed by atoms with E-state index in [9.17, 15) is 9.90 Å². The summed E-state index contributed by atoms with van der Waals surface area (Å²) in [5.41, 5.74) is 0. The molecule has 1 rings (SSSR count). The Hall–Kier alpha value is -0.810. The smallest absolute Gasteiger partial charge is 0.315 e. The Morgan fingerprint density at radius 1 is 1.39 bits per heavy atom. The van der Waals surface area contributed by atoms with Gasteiger partial charge in [0.2, 0.25) is 0 Å². The molecule has 0 saturated carbocycles. The average molecular weight is 257 g/mol. The Morgan fingerprint density at radius 2 is 2.00 bits per heavy atom. The molecule has 5 nitrogen and oxygen atoms in total. The zero-order chi connectivity index (χ0) is 13.5. The predicted octanol–water partition coefficient (Wildman–Crippen LogP) is 0.787. The van der Waals surface area contributed by atoms with Crippen molar-refractivity contribution in [1.29, 1.82) is 0 Å². The molecule has 0 aromatic rings. The van der Waals surface area contributed by atoms with E-state index >= 15 is 0 Å². The van der Waals surface area contributed by atoms with Crippen LogP contribution < -0.4 is 10.6 Å². The van der Waals surface area contributed by atoms with Gasteiger partial charge in [-0.1, -0.05) is 6.92 Å². The van der Waals surface area contributed by atoms with Gasteiger partial charge < -0.3 is 20.6 Å². The van der Waals surface area contributed by atoms with Crippen molar-refractivity contribution in [2.75, 3.05) is 26.2 Å². The lowest BCUT2D eigenvalue weighted by Gasteiger charge is -2.31. The first-order valence-corrected chi connectivity index (χ1v) is 6.92. The molecule has 1 saturated heterocycles. The van der Waals surface area contributed by atoms with Crippen molar-refractivity contribution < 1.29 is 9.90 Å². The first-order chi connectivity index (χ1) is 8.47. The molecule has 2 amide bonds. The van der Waals surface area contributed by atoms with Crippen molar-refractivity contribution >= 4 is 6.03 Å². The molecule has 0 spiro atoms. The van der Waals surface area contributed by atoms with E-state index in [0.29, 0.717) is 13.1 Å². The highest BCUT2D eigenvalue weighted by molar-refractivity contribution is 5.74. The first-order valence-electron chi connectivity index (χ1n) is 6.92. The number of aliphatic hydroxyl groups excluding tert-OH is 1. The molecule has 18 heavy (non-hydrogen) atoms. The van der Waals surface area contributed by atoms with Gasteiger partial charge in [-0.3, -0.25) is 0 Å². The molecular formula is C13H27N3O2. The van der Waals surface area contributed by atoms with Crippen LogP contribution >= 0.6 is 0 Å². The highest BCUT2D eigenvalue weighted by Crippen LogP contribution is 2.15. The van der Waals surface area contributed by atoms with E-state index in [-0.39, 0.29) is 12.1 Å². The SMILES string of the molecule is CC1CCN(CC(O)CNC(=O)NC(C)C)CC1. The van der Waals surface area contributed by atoms with Crippen molar-refractivity contribution in [3.8, 4) is 0 Å². The van der Waals surface area contributed by atoms with Gasteiger partial charge in [-0.15, -0.1) is 0 Å². The van der Waals surface area contributed by atoms with Gasteiger partial charge in [0.1, 0.15) is 0 Å². The molecule has 3 N–H and O–H groups in total. The second kappa shape index (κ2) is 7.59. The predicted molar refractivity (Wildman–Crippen MR) is 72.5 cm³/mol. The van der Waals surface area contributed by atoms with Crippen LogP contribution in [-0.2, 0) is 0 Å². The summed E-state index contributed by atoms with van der Waals surface area (Å²) in [4.78, 5) is 13.6. The van der Waals surface area contributed by atoms with Crippen molar-refractivity contribution in [2.45, 2.75) is 45.8 Å². The van der Waals surface area contributed by atoms with Gasteiger partial charge in [-0.2, -0.15) is 0 Å². The minimum atomic E-state index is -0.490. The molecular weight excluding hydrogens is 230 g/mol. The van der Waals surface area contributed by atoms with Crippen LogP contribution in [0.2, 0.25) is 0 Å². The number of piperidine rings is 1. The number of carbonyl (C=O) groups excluding carboxylic acids is 1. The minimum absolute atomic E-state index is 0.116. The fraction of sp³-hybridized carbons (Fsp3) is 0.923. The highest BCUT2D eigenvalue weighted by atomic mass is 16.3. The lowest BCUT2D eigenvalue weighted by atomic mass is 9.99. The number of likely N-dealkylation sites (tertiary alicyclic amines) is 1. The Balaban J connectivity index is 2.13. The van der Waals surface area contributed by atoms with E-state index < -0.39 is 6.10 Å². The monoisotopic (exact) mass is 257 g/mol. The van der Waals surface area contributed by atoms with Crippen molar-refractivity contribution in [2.24, 2.45) is 5.92 Å². The van der Waals surface area contributed by atoms with Crippen LogP contribution in [0.25, 0.3) is 0 Å². The summed E-state index contributed by atoms with van der Waals surface area (Å²) in [6.07, 6.45) is 1.92. The zero-order valence-electron chi connectivity index (χ0n) is 11.8. The third-order valence-electron chi connectivity index (χ3n) is 3.26. The molecule has 0 bridgehead atoms. The van der Waals surface area contributed by atoms with Crippen molar-refractivity contribution in [3.63, 3.8) is 0 Å². The number of amides is 2. The topological polar surface area (TPSA) is 64.6 Å². The van der Waals surface area contributed by atoms with E-state index in [1.54, 1.807) is 0 Å². The maximum atomic E-state index is 11.3. The van der Waals surface area contributed by atoms with Crippen molar-refractivity contribution in [1.82, 2.24) is 15.5 Å². The maximum absolute atomic E-state index is 11.3. The van der Waals surface area contributed by atoms with Gasteiger partial charge in [0, 0.05) is 19.1 Å². The van der Waals surface area contributed by atoms with Gasteiger partial charge in [0.15, 0.2) is 0 Å². The Bertz CT molecular complexity index is 251. The van der Waals surface area contributed by atoms with E-state index in [1.165, 1.54) is 12.8 Å². The largest absolute Gasteiger partial charge is 0.390 e. The van der Waals surface area contributed by atoms with Crippen LogP contribution in [0.5, 0.6) is 0 Å². The summed E-state index contributed by atoms with van der Waals surface area (Å²) in [6, 6.07) is -0.0953. The van der Waals surface area contributed by atoms with Gasteiger partial charge in [0.25, 0.3) is 0 Å². The molecule has 1 atom stereocenters. The number of hydrogen-bond acceptors (Lipinski definition) is 3. The van der Waals surface area contributed by atoms with Crippen molar-refractivity contribution in [3.05, 3.63) is 0 Å². The Kier molecular flexibility index (Phi) is 6.43. The lowest BCUT2D eigenvalue weighted by Crippen LogP contribution is -2.46. The van der Waals surface area contributed by atoms with Crippen LogP contribution in [0, 0.1) is 5.92 Å². The highest BCUT2D eigenvalue weighted by Gasteiger charge is 2.18. The van der Waals surface area contributed by atoms with Crippen LogP contribution in [0.4, 0.5) is 4.79 Å². The number of urea groups is 1. The van der Waals surface area contributed by atoms with Crippen LogP contribution in [-0.4, -0.2) is 54.4 Å². The van der Waals surface area contributed by atoms with Gasteiger partial charge in [0.05, 0.1) is 6.10 Å². The van der Waals surface area contributed by atoms with Gasteiger partial charge in [-0.25, -0.2) is 4.79 Å². The van der Waals surface area contributed by atoms with E-state index in [2.05, 4.69) is 22.5 Å². The second-order valence-electron chi connectivity index (χ2n) is 5.65. The number of rotatable bonds is 5. The molecule has 106 valence electrons. The standard InChI is InChI=1S/C13H27N3O2/c1-10(2)15-13(18)14-8-12(17)9-16-6-4-11(3)5-7-16/h10-12,17H,4-9H2,1-3H3,(H2,14,15,18). The summed E-state index contributed by atoms with van der Waals surface area (Å²) >= 11 is 0. The number of aliphatic hydroxyl groups is 1. The third-order valence-corrected chi connectivity index (χ3v) is 3.26. The molecule has 1 aliphatic rings. The minimum Gasteiger partial charge on any atom is -0.390 e. The summed E-state index contributed by atoms with van der Waals surface area (Å²) in [6.45, 7) is 9.15. The molecule has 0 aliphatic carbocycles. The van der Waals surface area contributed by atoms with Crippen LogP contribution in [0.3, 0.4) is 0 Å². The van der Waals surface area contributed by atoms with E-state index in [0.717, 1.165) is 19.0 Å². The molecule has 1 unspecified atom stereocenters. The van der Waals surface area contributed by atoms with E-state index in [1.807, 2.05) is 13.8 Å². The quantitative estimate of drug-likeness (QED) is 0.682. The Morgan fingerprint density at radius 3 is 2.56 bits per heavy atom. The van der Waals surface area contributed by atoms with Crippen LogP contribution in [0.1, 0.15) is 33.6 Å². The van der Waals surface area contributed by atoms with E-state index in [4.69, 9.17) is 0 Å². The molecule has 5 heteroatoms.